The fourth-order valence-corrected chi connectivity index (χ4v) is 1.35. The number of ketones is 1. The van der Waals surface area contributed by atoms with E-state index in [0.29, 0.717) is 6.07 Å². The zero-order valence-electron chi connectivity index (χ0n) is 8.41. The van der Waals surface area contributed by atoms with Gasteiger partial charge in [0.1, 0.15) is 11.3 Å². The Morgan fingerprint density at radius 2 is 1.94 bits per heavy atom. The fraction of sp³-hybridized carbons (Fsp3) is 0.222. The highest BCUT2D eigenvalue weighted by Crippen LogP contribution is 2.38. The van der Waals surface area contributed by atoms with Gasteiger partial charge in [0.05, 0.1) is 16.6 Å². The summed E-state index contributed by atoms with van der Waals surface area (Å²) >= 11 is 0. The normalized spacial score (nSPS) is 11.3. The molecule has 8 heteroatoms. The maximum atomic E-state index is 12.5. The van der Waals surface area contributed by atoms with Crippen LogP contribution in [0.4, 0.5) is 18.9 Å². The number of carbonyl (C=O) groups is 1. The van der Waals surface area contributed by atoms with E-state index in [1.165, 1.54) is 0 Å². The highest BCUT2D eigenvalue weighted by Gasteiger charge is 2.39. The highest BCUT2D eigenvalue weighted by molar-refractivity contribution is 6.00. The van der Waals surface area contributed by atoms with E-state index in [2.05, 4.69) is 0 Å². The van der Waals surface area contributed by atoms with Crippen LogP contribution in [-0.4, -0.2) is 15.8 Å². The average Bonchev–Trinajstić information content (AvgIpc) is 2.14. The van der Waals surface area contributed by atoms with Gasteiger partial charge in [0.15, 0.2) is 5.78 Å². The summed E-state index contributed by atoms with van der Waals surface area (Å²) in [5.41, 5.74) is -3.64. The zero-order chi connectivity index (χ0) is 13.4. The van der Waals surface area contributed by atoms with E-state index in [9.17, 15) is 28.1 Å². The molecular formula is C9H6F3NO4. The van der Waals surface area contributed by atoms with Crippen LogP contribution in [-0.2, 0) is 6.18 Å². The number of carbonyl (C=O) groups excluding carboxylic acids is 1. The predicted molar refractivity (Wildman–Crippen MR) is 49.8 cm³/mol. The number of hydrogen-bond donors (Lipinski definition) is 1. The maximum Gasteiger partial charge on any atom is 0.417 e. The molecule has 92 valence electrons. The third kappa shape index (κ3) is 2.52. The number of nitro groups is 1. The lowest BCUT2D eigenvalue weighted by molar-refractivity contribution is -0.385. The van der Waals surface area contributed by atoms with E-state index in [-0.39, 0.29) is 6.07 Å². The summed E-state index contributed by atoms with van der Waals surface area (Å²) < 4.78 is 37.6. The first kappa shape index (κ1) is 12.9. The third-order valence-electron chi connectivity index (χ3n) is 1.96. The van der Waals surface area contributed by atoms with Gasteiger partial charge in [-0.15, -0.1) is 0 Å². The number of phenols is 1. The Kier molecular flexibility index (Phi) is 3.08. The van der Waals surface area contributed by atoms with Crippen LogP contribution in [0.2, 0.25) is 0 Å². The van der Waals surface area contributed by atoms with Crippen molar-refractivity contribution in [1.82, 2.24) is 0 Å². The van der Waals surface area contributed by atoms with Crippen molar-refractivity contribution in [2.24, 2.45) is 0 Å². The maximum absolute atomic E-state index is 12.5. The summed E-state index contributed by atoms with van der Waals surface area (Å²) in [5.74, 6) is -2.02. The molecule has 1 N–H and O–H groups in total. The van der Waals surface area contributed by atoms with Crippen LogP contribution < -0.4 is 0 Å². The van der Waals surface area contributed by atoms with Gasteiger partial charge < -0.3 is 5.11 Å². The Hall–Kier alpha value is -2.12. The van der Waals surface area contributed by atoms with Gasteiger partial charge in [-0.05, 0) is 13.0 Å². The number of halogens is 3. The second kappa shape index (κ2) is 4.04. The zero-order valence-corrected chi connectivity index (χ0v) is 8.41. The van der Waals surface area contributed by atoms with Gasteiger partial charge in [0.25, 0.3) is 5.69 Å². The predicted octanol–water partition coefficient (Wildman–Crippen LogP) is 2.52. The molecule has 0 aliphatic rings. The first-order chi connectivity index (χ1) is 7.64. The van der Waals surface area contributed by atoms with Crippen LogP contribution in [0.5, 0.6) is 5.75 Å². The largest absolute Gasteiger partial charge is 0.508 e. The Labute approximate surface area is 92.6 Å². The molecule has 1 aromatic rings. The van der Waals surface area contributed by atoms with Crippen LogP contribution >= 0.6 is 0 Å². The van der Waals surface area contributed by atoms with Crippen molar-refractivity contribution in [3.8, 4) is 5.75 Å². The number of Topliss-reactive ketones (excluding diaryl/α,β-unsaturated/α-hetero) is 1. The summed E-state index contributed by atoms with van der Waals surface area (Å²) in [6.45, 7) is 0.786. The van der Waals surface area contributed by atoms with Crippen molar-refractivity contribution in [3.05, 3.63) is 33.4 Å². The Morgan fingerprint density at radius 3 is 2.29 bits per heavy atom. The molecule has 0 fully saturated rings. The van der Waals surface area contributed by atoms with Gasteiger partial charge in [-0.3, -0.25) is 14.9 Å². The van der Waals surface area contributed by atoms with Crippen LogP contribution in [0.25, 0.3) is 0 Å². The SMILES string of the molecule is CC(=O)c1c([N+](=O)[O-])cc(O)cc1C(F)(F)F. The van der Waals surface area contributed by atoms with Crippen molar-refractivity contribution >= 4 is 11.5 Å². The molecule has 0 atom stereocenters. The van der Waals surface area contributed by atoms with E-state index in [1.54, 1.807) is 0 Å². The summed E-state index contributed by atoms with van der Waals surface area (Å²) in [7, 11) is 0. The van der Waals surface area contributed by atoms with E-state index >= 15 is 0 Å². The number of alkyl halides is 3. The minimum Gasteiger partial charge on any atom is -0.508 e. The second-order valence-corrected chi connectivity index (χ2v) is 3.20. The standard InChI is InChI=1S/C9H6F3NO4/c1-4(14)8-6(9(10,11)12)2-5(15)3-7(8)13(16)17/h2-3,15H,1H3. The molecule has 0 spiro atoms. The molecule has 0 saturated carbocycles. The molecule has 0 bridgehead atoms. The number of phenolic OH excluding ortho intramolecular Hbond substituents is 1. The minimum absolute atomic E-state index is 0.281. The van der Waals surface area contributed by atoms with Crippen LogP contribution in [0.1, 0.15) is 22.8 Å². The molecule has 17 heavy (non-hydrogen) atoms. The fourth-order valence-electron chi connectivity index (χ4n) is 1.35. The molecule has 0 radical (unpaired) electrons. The number of nitro benzene ring substituents is 1. The molecule has 0 unspecified atom stereocenters. The van der Waals surface area contributed by atoms with Gasteiger partial charge in [0.2, 0.25) is 0 Å². The first-order valence-corrected chi connectivity index (χ1v) is 4.24. The van der Waals surface area contributed by atoms with Crippen LogP contribution in [0.3, 0.4) is 0 Å². The summed E-state index contributed by atoms with van der Waals surface area (Å²) in [6, 6.07) is 0.787. The molecule has 5 nitrogen and oxygen atoms in total. The van der Waals surface area contributed by atoms with E-state index in [0.717, 1.165) is 6.92 Å². The van der Waals surface area contributed by atoms with Gasteiger partial charge in [-0.1, -0.05) is 0 Å². The molecule has 0 aliphatic carbocycles. The number of benzene rings is 1. The molecule has 0 aromatic heterocycles. The van der Waals surface area contributed by atoms with Gasteiger partial charge in [-0.2, -0.15) is 13.2 Å². The lowest BCUT2D eigenvalue weighted by Gasteiger charge is -2.11. The van der Waals surface area contributed by atoms with Crippen molar-refractivity contribution in [1.29, 1.82) is 0 Å². The van der Waals surface area contributed by atoms with Crippen LogP contribution in [0.15, 0.2) is 12.1 Å². The van der Waals surface area contributed by atoms with E-state index in [4.69, 9.17) is 5.11 Å². The molecular weight excluding hydrogens is 243 g/mol. The second-order valence-electron chi connectivity index (χ2n) is 3.20. The molecule has 1 aromatic carbocycles. The lowest BCUT2D eigenvalue weighted by Crippen LogP contribution is -2.13. The third-order valence-corrected chi connectivity index (χ3v) is 1.96. The Morgan fingerprint density at radius 1 is 1.41 bits per heavy atom. The summed E-state index contributed by atoms with van der Waals surface area (Å²) in [5, 5.41) is 19.5. The van der Waals surface area contributed by atoms with Gasteiger partial charge >= 0.3 is 6.18 Å². The van der Waals surface area contributed by atoms with E-state index < -0.39 is 39.4 Å². The number of hydrogen-bond acceptors (Lipinski definition) is 4. The number of nitrogens with zero attached hydrogens (tertiary/aromatic N) is 1. The van der Waals surface area contributed by atoms with Gasteiger partial charge in [0, 0.05) is 0 Å². The molecule has 0 saturated heterocycles. The molecule has 0 heterocycles. The molecule has 0 aliphatic heterocycles. The Bertz CT molecular complexity index is 496. The Balaban J connectivity index is 3.70. The minimum atomic E-state index is -4.95. The monoisotopic (exact) mass is 249 g/mol. The van der Waals surface area contributed by atoms with Gasteiger partial charge in [-0.25, -0.2) is 0 Å². The van der Waals surface area contributed by atoms with Crippen molar-refractivity contribution in [2.45, 2.75) is 13.1 Å². The molecule has 1 rings (SSSR count). The lowest BCUT2D eigenvalue weighted by atomic mass is 10.0. The number of aromatic hydroxyl groups is 1. The van der Waals surface area contributed by atoms with Crippen molar-refractivity contribution < 1.29 is 28.0 Å². The van der Waals surface area contributed by atoms with Crippen LogP contribution in [0, 0.1) is 10.1 Å². The van der Waals surface area contributed by atoms with E-state index in [1.807, 2.05) is 0 Å². The highest BCUT2D eigenvalue weighted by atomic mass is 19.4. The van der Waals surface area contributed by atoms with Crippen molar-refractivity contribution in [2.75, 3.05) is 0 Å². The average molecular weight is 249 g/mol. The first-order valence-electron chi connectivity index (χ1n) is 4.24. The van der Waals surface area contributed by atoms with Crippen molar-refractivity contribution in [3.63, 3.8) is 0 Å². The smallest absolute Gasteiger partial charge is 0.417 e. The number of rotatable bonds is 2. The quantitative estimate of drug-likeness (QED) is 0.496. The summed E-state index contributed by atoms with van der Waals surface area (Å²) in [6.07, 6.45) is -4.95. The molecule has 0 amide bonds. The topological polar surface area (TPSA) is 80.4 Å². The summed E-state index contributed by atoms with van der Waals surface area (Å²) in [4.78, 5) is 20.4.